The molecule has 5 nitrogen and oxygen atoms in total. The zero-order valence-corrected chi connectivity index (χ0v) is 11.2. The van der Waals surface area contributed by atoms with Crippen molar-refractivity contribution < 1.29 is 9.90 Å². The third-order valence-electron chi connectivity index (χ3n) is 4.08. The van der Waals surface area contributed by atoms with Gasteiger partial charge in [-0.25, -0.2) is 0 Å². The second kappa shape index (κ2) is 5.67. The van der Waals surface area contributed by atoms with Gasteiger partial charge < -0.3 is 15.7 Å². The minimum Gasteiger partial charge on any atom is -0.480 e. The maximum absolute atomic E-state index is 11.1. The van der Waals surface area contributed by atoms with Gasteiger partial charge >= 0.3 is 5.97 Å². The molecular formula is C14H21N3O2. The van der Waals surface area contributed by atoms with Gasteiger partial charge in [-0.2, -0.15) is 0 Å². The minimum atomic E-state index is -1.03. The van der Waals surface area contributed by atoms with Crippen LogP contribution < -0.4 is 5.73 Å². The van der Waals surface area contributed by atoms with Crippen molar-refractivity contribution in [1.82, 2.24) is 9.88 Å². The highest BCUT2D eigenvalue weighted by atomic mass is 16.4. The number of aromatic nitrogens is 1. The Balaban J connectivity index is 1.85. The van der Waals surface area contributed by atoms with Crippen molar-refractivity contribution in [2.75, 3.05) is 13.6 Å². The monoisotopic (exact) mass is 263 g/mol. The van der Waals surface area contributed by atoms with Gasteiger partial charge in [0.2, 0.25) is 0 Å². The largest absolute Gasteiger partial charge is 0.480 e. The van der Waals surface area contributed by atoms with Crippen molar-refractivity contribution in [3.63, 3.8) is 0 Å². The van der Waals surface area contributed by atoms with E-state index in [0.717, 1.165) is 19.4 Å². The molecule has 0 bridgehead atoms. The molecule has 1 aliphatic carbocycles. The first kappa shape index (κ1) is 14.0. The number of nitrogens with two attached hydrogens (primary N) is 1. The van der Waals surface area contributed by atoms with Crippen LogP contribution in [0, 0.1) is 0 Å². The van der Waals surface area contributed by atoms with E-state index in [1.807, 2.05) is 19.2 Å². The summed E-state index contributed by atoms with van der Waals surface area (Å²) in [6.45, 7) is 0.907. The summed E-state index contributed by atoms with van der Waals surface area (Å²) in [5, 5.41) is 9.13. The lowest BCUT2D eigenvalue weighted by atomic mass is 9.99. The Kier molecular flexibility index (Phi) is 4.17. The number of hydrogen-bond donors (Lipinski definition) is 2. The van der Waals surface area contributed by atoms with Gasteiger partial charge in [0.1, 0.15) is 5.54 Å². The fourth-order valence-electron chi connectivity index (χ4n) is 2.66. The molecule has 2 atom stereocenters. The molecule has 1 heterocycles. The first-order chi connectivity index (χ1) is 9.01. The molecule has 0 saturated heterocycles. The Hall–Kier alpha value is -1.46. The average molecular weight is 263 g/mol. The summed E-state index contributed by atoms with van der Waals surface area (Å²) in [6, 6.07) is 4.28. The molecule has 19 heavy (non-hydrogen) atoms. The van der Waals surface area contributed by atoms with Gasteiger partial charge in [0, 0.05) is 25.0 Å². The zero-order valence-electron chi connectivity index (χ0n) is 11.2. The molecule has 0 spiro atoms. The van der Waals surface area contributed by atoms with Crippen LogP contribution in [0.15, 0.2) is 24.5 Å². The molecule has 1 aromatic heterocycles. The van der Waals surface area contributed by atoms with E-state index >= 15 is 0 Å². The lowest BCUT2D eigenvalue weighted by Crippen LogP contribution is -2.47. The highest BCUT2D eigenvalue weighted by Crippen LogP contribution is 2.30. The highest BCUT2D eigenvalue weighted by molar-refractivity contribution is 5.79. The second-order valence-corrected chi connectivity index (χ2v) is 5.44. The molecule has 0 amide bonds. The molecule has 0 aromatic carbocycles. The van der Waals surface area contributed by atoms with Crippen molar-refractivity contribution in [2.45, 2.75) is 37.3 Å². The average Bonchev–Trinajstić information content (AvgIpc) is 2.81. The predicted octanol–water partition coefficient (Wildman–Crippen LogP) is 0.890. The molecular weight excluding hydrogens is 242 g/mol. The minimum absolute atomic E-state index is 0.267. The smallest absolute Gasteiger partial charge is 0.323 e. The summed E-state index contributed by atoms with van der Waals surface area (Å²) in [7, 11) is 2.04. The normalized spacial score (nSPS) is 26.8. The number of rotatable bonds is 5. The Morgan fingerprint density at radius 1 is 1.58 bits per heavy atom. The Labute approximate surface area is 113 Å². The predicted molar refractivity (Wildman–Crippen MR) is 72.8 cm³/mol. The molecule has 2 unspecified atom stereocenters. The molecule has 104 valence electrons. The third-order valence-corrected chi connectivity index (χ3v) is 4.08. The van der Waals surface area contributed by atoms with Crippen LogP contribution in [0.2, 0.25) is 0 Å². The Morgan fingerprint density at radius 2 is 2.26 bits per heavy atom. The van der Waals surface area contributed by atoms with E-state index in [4.69, 9.17) is 10.8 Å². The van der Waals surface area contributed by atoms with Crippen LogP contribution in [0.1, 0.15) is 24.8 Å². The summed E-state index contributed by atoms with van der Waals surface area (Å²) in [6.07, 6.45) is 6.48. The van der Waals surface area contributed by atoms with Crippen molar-refractivity contribution in [2.24, 2.45) is 5.73 Å². The quantitative estimate of drug-likeness (QED) is 0.824. The first-order valence-corrected chi connectivity index (χ1v) is 6.63. The molecule has 0 radical (unpaired) electrons. The summed E-state index contributed by atoms with van der Waals surface area (Å²) in [5.41, 5.74) is 6.12. The number of aliphatic carboxylic acids is 1. The number of pyridine rings is 1. The van der Waals surface area contributed by atoms with Crippen LogP contribution in [0.4, 0.5) is 0 Å². The standard InChI is InChI=1S/C14H21N3O2/c1-17(9-5-11-3-7-16-8-4-11)12-2-6-14(15,10-12)13(18)19/h3-4,7-8,12H,2,5-6,9-10,15H2,1H3,(H,18,19). The van der Waals surface area contributed by atoms with Crippen LogP contribution in [-0.4, -0.2) is 46.1 Å². The van der Waals surface area contributed by atoms with Crippen LogP contribution in [0.3, 0.4) is 0 Å². The Morgan fingerprint density at radius 3 is 2.84 bits per heavy atom. The number of carboxylic acids is 1. The highest BCUT2D eigenvalue weighted by Gasteiger charge is 2.43. The van der Waals surface area contributed by atoms with E-state index in [9.17, 15) is 4.79 Å². The fraction of sp³-hybridized carbons (Fsp3) is 0.571. The molecule has 5 heteroatoms. The first-order valence-electron chi connectivity index (χ1n) is 6.63. The SMILES string of the molecule is CN(CCc1ccncc1)C1CCC(N)(C(=O)O)C1. The Bertz CT molecular complexity index is 438. The van der Waals surface area contributed by atoms with Crippen molar-refractivity contribution in [3.05, 3.63) is 30.1 Å². The van der Waals surface area contributed by atoms with Crippen LogP contribution >= 0.6 is 0 Å². The van der Waals surface area contributed by atoms with E-state index in [-0.39, 0.29) is 6.04 Å². The van der Waals surface area contributed by atoms with Gasteiger partial charge in [0.05, 0.1) is 0 Å². The maximum Gasteiger partial charge on any atom is 0.323 e. The van der Waals surface area contributed by atoms with Crippen LogP contribution in [0.5, 0.6) is 0 Å². The van der Waals surface area contributed by atoms with Crippen LogP contribution in [-0.2, 0) is 11.2 Å². The number of carboxylic acid groups (broad SMARTS) is 1. The number of hydrogen-bond acceptors (Lipinski definition) is 4. The summed E-state index contributed by atoms with van der Waals surface area (Å²) >= 11 is 0. The second-order valence-electron chi connectivity index (χ2n) is 5.44. The van der Waals surface area contributed by atoms with Gasteiger partial charge in [-0.1, -0.05) is 0 Å². The lowest BCUT2D eigenvalue weighted by molar-refractivity contribution is -0.143. The van der Waals surface area contributed by atoms with Crippen LogP contribution in [0.25, 0.3) is 0 Å². The van der Waals surface area contributed by atoms with E-state index in [2.05, 4.69) is 9.88 Å². The summed E-state index contributed by atoms with van der Waals surface area (Å²) < 4.78 is 0. The zero-order chi connectivity index (χ0) is 13.9. The molecule has 1 fully saturated rings. The lowest BCUT2D eigenvalue weighted by Gasteiger charge is -2.25. The number of carbonyl (C=O) groups is 1. The summed E-state index contributed by atoms with van der Waals surface area (Å²) in [5.74, 6) is -0.877. The summed E-state index contributed by atoms with van der Waals surface area (Å²) in [4.78, 5) is 17.3. The van der Waals surface area contributed by atoms with Gasteiger partial charge in [0.15, 0.2) is 0 Å². The maximum atomic E-state index is 11.1. The van der Waals surface area contributed by atoms with Gasteiger partial charge in [-0.05, 0) is 50.4 Å². The molecule has 1 saturated carbocycles. The third kappa shape index (κ3) is 3.30. The van der Waals surface area contributed by atoms with Crippen molar-refractivity contribution in [1.29, 1.82) is 0 Å². The topological polar surface area (TPSA) is 79.5 Å². The van der Waals surface area contributed by atoms with E-state index < -0.39 is 11.5 Å². The number of nitrogens with zero attached hydrogens (tertiary/aromatic N) is 2. The van der Waals surface area contributed by atoms with Crippen molar-refractivity contribution >= 4 is 5.97 Å². The molecule has 1 aliphatic rings. The van der Waals surface area contributed by atoms with Crippen molar-refractivity contribution in [3.8, 4) is 0 Å². The molecule has 2 rings (SSSR count). The molecule has 1 aromatic rings. The fourth-order valence-corrected chi connectivity index (χ4v) is 2.66. The molecule has 0 aliphatic heterocycles. The van der Waals surface area contributed by atoms with E-state index in [1.54, 1.807) is 12.4 Å². The number of likely N-dealkylation sites (N-methyl/N-ethyl adjacent to an activating group) is 1. The van der Waals surface area contributed by atoms with Gasteiger partial charge in [0.25, 0.3) is 0 Å². The van der Waals surface area contributed by atoms with Gasteiger partial charge in [-0.3, -0.25) is 9.78 Å². The van der Waals surface area contributed by atoms with E-state index in [0.29, 0.717) is 12.8 Å². The van der Waals surface area contributed by atoms with Gasteiger partial charge in [-0.15, -0.1) is 0 Å². The molecule has 3 N–H and O–H groups in total. The van der Waals surface area contributed by atoms with E-state index in [1.165, 1.54) is 5.56 Å².